The summed E-state index contributed by atoms with van der Waals surface area (Å²) in [5, 5.41) is 3.98. The minimum absolute atomic E-state index is 0.151. The summed E-state index contributed by atoms with van der Waals surface area (Å²) >= 11 is 0. The van der Waals surface area contributed by atoms with E-state index in [4.69, 9.17) is 4.52 Å². The number of para-hydroxylation sites is 2. The van der Waals surface area contributed by atoms with Crippen molar-refractivity contribution in [2.45, 2.75) is 6.42 Å². The zero-order valence-corrected chi connectivity index (χ0v) is 13.9. The van der Waals surface area contributed by atoms with Gasteiger partial charge in [-0.15, -0.1) is 0 Å². The molecule has 0 N–H and O–H groups in total. The third-order valence-electron chi connectivity index (χ3n) is 4.38. The molecule has 0 radical (unpaired) electrons. The molecule has 4 rings (SSSR count). The fourth-order valence-corrected chi connectivity index (χ4v) is 3.09. The third-order valence-corrected chi connectivity index (χ3v) is 4.38. The van der Waals surface area contributed by atoms with Gasteiger partial charge < -0.3 is 14.3 Å². The van der Waals surface area contributed by atoms with Gasteiger partial charge in [0.1, 0.15) is 0 Å². The molecule has 0 saturated heterocycles. The van der Waals surface area contributed by atoms with Crippen molar-refractivity contribution in [3.8, 4) is 11.3 Å². The lowest BCUT2D eigenvalue weighted by atomic mass is 10.2. The van der Waals surface area contributed by atoms with E-state index in [0.717, 1.165) is 29.9 Å². The van der Waals surface area contributed by atoms with Gasteiger partial charge in [0, 0.05) is 44.2 Å². The second kappa shape index (κ2) is 6.39. The van der Waals surface area contributed by atoms with Crippen LogP contribution in [-0.2, 0) is 0 Å². The van der Waals surface area contributed by atoms with E-state index in [1.165, 1.54) is 0 Å². The molecule has 0 saturated carbocycles. The Kier molecular flexibility index (Phi) is 3.93. The lowest BCUT2D eigenvalue weighted by Gasteiger charge is -2.23. The molecule has 1 amide bonds. The molecule has 0 spiro atoms. The van der Waals surface area contributed by atoms with Gasteiger partial charge in [-0.2, -0.15) is 0 Å². The lowest BCUT2D eigenvalue weighted by Crippen LogP contribution is -2.31. The molecular formula is C19H18N4O2. The fourth-order valence-electron chi connectivity index (χ4n) is 3.09. The van der Waals surface area contributed by atoms with Crippen LogP contribution in [0.2, 0.25) is 0 Å². The Morgan fingerprint density at radius 3 is 2.76 bits per heavy atom. The van der Waals surface area contributed by atoms with Gasteiger partial charge >= 0.3 is 0 Å². The first-order chi connectivity index (χ1) is 12.2. The van der Waals surface area contributed by atoms with E-state index >= 15 is 0 Å². The molecule has 0 bridgehead atoms. The van der Waals surface area contributed by atoms with Crippen LogP contribution in [-0.4, -0.2) is 36.2 Å². The van der Waals surface area contributed by atoms with E-state index in [-0.39, 0.29) is 5.91 Å². The molecule has 2 aromatic heterocycles. The van der Waals surface area contributed by atoms with Gasteiger partial charge in [-0.05, 0) is 30.7 Å². The molecule has 0 unspecified atom stereocenters. The summed E-state index contributed by atoms with van der Waals surface area (Å²) in [5.74, 6) is 0.387. The highest BCUT2D eigenvalue weighted by molar-refractivity contribution is 6.07. The molecule has 3 aromatic rings. The Hall–Kier alpha value is -3.15. The Morgan fingerprint density at radius 1 is 1.12 bits per heavy atom. The molecule has 1 aliphatic rings. The van der Waals surface area contributed by atoms with Crippen LogP contribution in [0, 0.1) is 0 Å². The number of anilines is 2. The standard InChI is InChI=1S/C19H18N4O2/c1-22-10-5-11-23(17-8-3-2-7-16(17)22)19(24)15-12-18(25-21-15)14-6-4-9-20-13-14/h2-4,6-9,12-13H,5,10-11H2,1H3. The monoisotopic (exact) mass is 334 g/mol. The predicted octanol–water partition coefficient (Wildman–Crippen LogP) is 3.22. The quantitative estimate of drug-likeness (QED) is 0.720. The van der Waals surface area contributed by atoms with Crippen LogP contribution >= 0.6 is 0 Å². The zero-order valence-electron chi connectivity index (χ0n) is 13.9. The Bertz CT molecular complexity index is 891. The molecule has 6 nitrogen and oxygen atoms in total. The largest absolute Gasteiger partial charge is 0.373 e. The highest BCUT2D eigenvalue weighted by atomic mass is 16.5. The SMILES string of the molecule is CN1CCCN(C(=O)c2cc(-c3cccnc3)on2)c2ccccc21. The Labute approximate surface area is 145 Å². The van der Waals surface area contributed by atoms with E-state index in [1.54, 1.807) is 23.4 Å². The minimum Gasteiger partial charge on any atom is -0.373 e. The van der Waals surface area contributed by atoms with Crippen LogP contribution in [0.25, 0.3) is 11.3 Å². The highest BCUT2D eigenvalue weighted by Gasteiger charge is 2.26. The average Bonchev–Trinajstić information content (AvgIpc) is 3.09. The minimum atomic E-state index is -0.151. The van der Waals surface area contributed by atoms with Crippen molar-refractivity contribution in [3.63, 3.8) is 0 Å². The van der Waals surface area contributed by atoms with Crippen LogP contribution in [0.15, 0.2) is 59.4 Å². The van der Waals surface area contributed by atoms with Gasteiger partial charge in [0.15, 0.2) is 11.5 Å². The number of carbonyl (C=O) groups is 1. The number of carbonyl (C=O) groups excluding carboxylic acids is 1. The fraction of sp³-hybridized carbons (Fsp3) is 0.211. The van der Waals surface area contributed by atoms with Gasteiger partial charge in [-0.1, -0.05) is 17.3 Å². The van der Waals surface area contributed by atoms with Crippen LogP contribution in [0.4, 0.5) is 11.4 Å². The second-order valence-corrected chi connectivity index (χ2v) is 6.04. The number of benzene rings is 1. The highest BCUT2D eigenvalue weighted by Crippen LogP contribution is 2.32. The summed E-state index contributed by atoms with van der Waals surface area (Å²) in [5.41, 5.74) is 3.05. The summed E-state index contributed by atoms with van der Waals surface area (Å²) < 4.78 is 5.36. The van der Waals surface area contributed by atoms with Crippen molar-refractivity contribution >= 4 is 17.3 Å². The normalized spacial score (nSPS) is 14.1. The molecule has 0 aliphatic carbocycles. The maximum absolute atomic E-state index is 13.0. The molecule has 1 aliphatic heterocycles. The summed E-state index contributed by atoms with van der Waals surface area (Å²) in [6.07, 6.45) is 4.27. The first-order valence-electron chi connectivity index (χ1n) is 8.23. The first-order valence-corrected chi connectivity index (χ1v) is 8.23. The Balaban J connectivity index is 1.67. The van der Waals surface area contributed by atoms with Crippen LogP contribution in [0.3, 0.4) is 0 Å². The molecule has 0 fully saturated rings. The maximum atomic E-state index is 13.0. The van der Waals surface area contributed by atoms with Crippen LogP contribution in [0.5, 0.6) is 0 Å². The number of aromatic nitrogens is 2. The average molecular weight is 334 g/mol. The van der Waals surface area contributed by atoms with E-state index < -0.39 is 0 Å². The molecule has 1 aromatic carbocycles. The zero-order chi connectivity index (χ0) is 17.2. The van der Waals surface area contributed by atoms with E-state index in [0.29, 0.717) is 18.0 Å². The molecule has 0 atom stereocenters. The topological polar surface area (TPSA) is 62.5 Å². The number of rotatable bonds is 2. The summed E-state index contributed by atoms with van der Waals surface area (Å²) in [6.45, 7) is 1.55. The van der Waals surface area contributed by atoms with Gasteiger partial charge in [0.2, 0.25) is 0 Å². The number of pyridine rings is 1. The van der Waals surface area contributed by atoms with Crippen molar-refractivity contribution < 1.29 is 9.32 Å². The van der Waals surface area contributed by atoms with Crippen LogP contribution in [0.1, 0.15) is 16.9 Å². The number of amides is 1. The number of hydrogen-bond acceptors (Lipinski definition) is 5. The van der Waals surface area contributed by atoms with E-state index in [2.05, 4.69) is 15.0 Å². The molecular weight excluding hydrogens is 316 g/mol. The smallest absolute Gasteiger partial charge is 0.280 e. The van der Waals surface area contributed by atoms with Gasteiger partial charge in [-0.25, -0.2) is 0 Å². The number of hydrogen-bond donors (Lipinski definition) is 0. The number of fused-ring (bicyclic) bond motifs is 1. The van der Waals surface area contributed by atoms with Gasteiger partial charge in [-0.3, -0.25) is 9.78 Å². The summed E-state index contributed by atoms with van der Waals surface area (Å²) in [7, 11) is 2.05. The van der Waals surface area contributed by atoms with Crippen LogP contribution < -0.4 is 9.80 Å². The van der Waals surface area contributed by atoms with Crippen molar-refractivity contribution in [1.82, 2.24) is 10.1 Å². The van der Waals surface area contributed by atoms with Crippen molar-refractivity contribution in [2.75, 3.05) is 29.9 Å². The summed E-state index contributed by atoms with van der Waals surface area (Å²) in [6, 6.07) is 13.3. The molecule has 126 valence electrons. The molecule has 3 heterocycles. The van der Waals surface area contributed by atoms with E-state index in [9.17, 15) is 4.79 Å². The predicted molar refractivity (Wildman–Crippen MR) is 95.7 cm³/mol. The molecule has 25 heavy (non-hydrogen) atoms. The molecule has 6 heteroatoms. The van der Waals surface area contributed by atoms with Crippen molar-refractivity contribution in [3.05, 3.63) is 60.6 Å². The lowest BCUT2D eigenvalue weighted by molar-refractivity contribution is 0.0978. The van der Waals surface area contributed by atoms with E-state index in [1.807, 2.05) is 43.4 Å². The number of nitrogens with zero attached hydrogens (tertiary/aromatic N) is 4. The van der Waals surface area contributed by atoms with Crippen molar-refractivity contribution in [1.29, 1.82) is 0 Å². The first kappa shape index (κ1) is 15.4. The maximum Gasteiger partial charge on any atom is 0.280 e. The second-order valence-electron chi connectivity index (χ2n) is 6.04. The third kappa shape index (κ3) is 2.87. The Morgan fingerprint density at radius 2 is 1.96 bits per heavy atom. The van der Waals surface area contributed by atoms with Crippen molar-refractivity contribution in [2.24, 2.45) is 0 Å². The summed E-state index contributed by atoms with van der Waals surface area (Å²) in [4.78, 5) is 21.1. The van der Waals surface area contributed by atoms with Gasteiger partial charge in [0.05, 0.1) is 11.4 Å². The van der Waals surface area contributed by atoms with Gasteiger partial charge in [0.25, 0.3) is 5.91 Å².